The molecule has 0 radical (unpaired) electrons. The lowest BCUT2D eigenvalue weighted by Gasteiger charge is -2.23. The minimum absolute atomic E-state index is 0.0984. The highest BCUT2D eigenvalue weighted by Gasteiger charge is 2.30. The van der Waals surface area contributed by atoms with Crippen molar-refractivity contribution in [2.75, 3.05) is 0 Å². The summed E-state index contributed by atoms with van der Waals surface area (Å²) < 4.78 is 15.4. The lowest BCUT2D eigenvalue weighted by Crippen LogP contribution is -2.35. The van der Waals surface area contributed by atoms with Crippen molar-refractivity contribution in [2.45, 2.75) is 88.9 Å². The van der Waals surface area contributed by atoms with Crippen LogP contribution in [0, 0.1) is 5.82 Å². The lowest BCUT2D eigenvalue weighted by molar-refractivity contribution is 0.0201. The number of allylic oxidation sites excluding steroid dienone is 1. The second kappa shape index (κ2) is 11.7. The normalized spacial score (nSPS) is 17.3. The van der Waals surface area contributed by atoms with E-state index in [4.69, 9.17) is 4.84 Å². The number of nitrogens with zero attached hydrogens (tertiary/aromatic N) is 4. The van der Waals surface area contributed by atoms with Crippen LogP contribution in [0.3, 0.4) is 0 Å². The molecule has 2 aromatic rings. The summed E-state index contributed by atoms with van der Waals surface area (Å²) in [5.74, 6) is 1.18. The predicted octanol–water partition coefficient (Wildman–Crippen LogP) is 5.64. The molecule has 0 saturated carbocycles. The first-order valence-corrected chi connectivity index (χ1v) is 13.3. The quantitative estimate of drug-likeness (QED) is 0.305. The number of amidine groups is 1. The molecule has 0 bridgehead atoms. The summed E-state index contributed by atoms with van der Waals surface area (Å²) in [6, 6.07) is 6.46. The smallest absolute Gasteiger partial charge is 0.277 e. The molecule has 2 aliphatic rings. The molecule has 8 heteroatoms. The van der Waals surface area contributed by atoms with Crippen LogP contribution < -0.4 is 5.56 Å². The van der Waals surface area contributed by atoms with E-state index in [0.717, 1.165) is 74.0 Å². The molecule has 6 nitrogen and oxygen atoms in total. The van der Waals surface area contributed by atoms with Gasteiger partial charge in [-0.2, -0.15) is 4.98 Å². The molecule has 2 heterocycles. The highest BCUT2D eigenvalue weighted by atomic mass is 32.2. The van der Waals surface area contributed by atoms with E-state index in [-0.39, 0.29) is 17.6 Å². The number of rotatable bonds is 11. The van der Waals surface area contributed by atoms with Gasteiger partial charge in [0.1, 0.15) is 5.82 Å². The molecule has 1 aromatic heterocycles. The van der Waals surface area contributed by atoms with Gasteiger partial charge in [-0.25, -0.2) is 4.39 Å². The molecule has 0 spiro atoms. The Morgan fingerprint density at radius 2 is 2.03 bits per heavy atom. The Labute approximate surface area is 204 Å². The summed E-state index contributed by atoms with van der Waals surface area (Å²) in [4.78, 5) is 25.1. The van der Waals surface area contributed by atoms with E-state index < -0.39 is 0 Å². The number of hydrogen-bond donors (Lipinski definition) is 0. The largest absolute Gasteiger partial charge is 0.368 e. The van der Waals surface area contributed by atoms with Crippen LogP contribution in [0.15, 0.2) is 51.6 Å². The fraction of sp³-hybridized carbons (Fsp3) is 0.500. The van der Waals surface area contributed by atoms with E-state index in [1.165, 1.54) is 23.9 Å². The van der Waals surface area contributed by atoms with Crippen molar-refractivity contribution >= 4 is 17.6 Å². The zero-order valence-corrected chi connectivity index (χ0v) is 20.8. The summed E-state index contributed by atoms with van der Waals surface area (Å²) in [6.07, 6.45) is 11.9. The zero-order chi connectivity index (χ0) is 23.9. The summed E-state index contributed by atoms with van der Waals surface area (Å²) in [5, 5.41) is 5.13. The number of halogens is 1. The van der Waals surface area contributed by atoms with E-state index in [1.807, 2.05) is 0 Å². The average molecular weight is 485 g/mol. The summed E-state index contributed by atoms with van der Waals surface area (Å²) in [6.45, 7) is 4.84. The van der Waals surface area contributed by atoms with E-state index in [2.05, 4.69) is 45.7 Å². The predicted molar refractivity (Wildman–Crippen MR) is 134 cm³/mol. The third-order valence-corrected chi connectivity index (χ3v) is 7.24. The van der Waals surface area contributed by atoms with Crippen molar-refractivity contribution in [3.8, 4) is 0 Å². The number of oxime groups is 1. The molecule has 0 fully saturated rings. The third kappa shape index (κ3) is 5.71. The van der Waals surface area contributed by atoms with Gasteiger partial charge in [-0.15, -0.1) is 0 Å². The van der Waals surface area contributed by atoms with Crippen molar-refractivity contribution in [3.63, 3.8) is 0 Å². The van der Waals surface area contributed by atoms with Gasteiger partial charge >= 0.3 is 0 Å². The van der Waals surface area contributed by atoms with Crippen LogP contribution >= 0.6 is 11.8 Å². The van der Waals surface area contributed by atoms with Crippen molar-refractivity contribution < 1.29 is 9.23 Å². The average Bonchev–Trinajstić information content (AvgIpc) is 3.47. The highest BCUT2D eigenvalue weighted by molar-refractivity contribution is 7.98. The number of aromatic nitrogens is 2. The van der Waals surface area contributed by atoms with Crippen LogP contribution in [-0.2, 0) is 30.0 Å². The van der Waals surface area contributed by atoms with Gasteiger partial charge in [0, 0.05) is 29.6 Å². The van der Waals surface area contributed by atoms with E-state index in [9.17, 15) is 9.18 Å². The molecular weight excluding hydrogens is 451 g/mol. The number of hydrogen-bond acceptors (Lipinski definition) is 6. The monoisotopic (exact) mass is 484 g/mol. The van der Waals surface area contributed by atoms with Crippen LogP contribution in [0.5, 0.6) is 0 Å². The third-order valence-electron chi connectivity index (χ3n) is 6.20. The Bertz CT molecular complexity index is 1100. The second-order valence-electron chi connectivity index (χ2n) is 8.77. The lowest BCUT2D eigenvalue weighted by atomic mass is 10.2. The van der Waals surface area contributed by atoms with Crippen molar-refractivity contribution in [3.05, 3.63) is 69.5 Å². The fourth-order valence-electron chi connectivity index (χ4n) is 4.33. The maximum atomic E-state index is 13.3. The maximum absolute atomic E-state index is 13.3. The number of benzene rings is 1. The molecule has 0 saturated heterocycles. The topological polar surface area (TPSA) is 59.7 Å². The molecule has 1 atom stereocenters. The first kappa shape index (κ1) is 24.5. The second-order valence-corrected chi connectivity index (χ2v) is 9.71. The molecular formula is C26H33FN4O2S. The van der Waals surface area contributed by atoms with Crippen molar-refractivity contribution in [1.82, 2.24) is 14.5 Å². The molecule has 0 amide bonds. The van der Waals surface area contributed by atoms with Gasteiger partial charge in [0.05, 0.1) is 6.54 Å². The molecule has 1 unspecified atom stereocenters. The summed E-state index contributed by atoms with van der Waals surface area (Å²) in [7, 11) is 0. The first-order chi connectivity index (χ1) is 16.6. The number of fused-ring (bicyclic) bond motifs is 1. The molecule has 34 heavy (non-hydrogen) atoms. The van der Waals surface area contributed by atoms with Gasteiger partial charge in [0.15, 0.2) is 11.0 Å². The van der Waals surface area contributed by atoms with Gasteiger partial charge in [0.2, 0.25) is 6.23 Å². The SMILES string of the molecule is CCC/C=C/N1C(Cn2c(SCc3ccc(F)cc3)nc(=O)c3c2CCC3)=NOC1CCCC. The fourth-order valence-corrected chi connectivity index (χ4v) is 5.30. The van der Waals surface area contributed by atoms with E-state index >= 15 is 0 Å². The summed E-state index contributed by atoms with van der Waals surface area (Å²) in [5.41, 5.74) is 2.73. The highest BCUT2D eigenvalue weighted by Crippen LogP contribution is 2.28. The summed E-state index contributed by atoms with van der Waals surface area (Å²) >= 11 is 1.50. The van der Waals surface area contributed by atoms with Crippen LogP contribution in [-0.4, -0.2) is 26.5 Å². The molecule has 182 valence electrons. The Kier molecular flexibility index (Phi) is 8.43. The standard InChI is InChI=1S/C26H33FN4O2S/c1-3-5-7-16-30-23(29-33-24(30)11-6-4-2)17-31-22-10-8-9-21(22)25(32)28-26(31)34-18-19-12-14-20(27)15-13-19/h7,12-16,24H,3-6,8-11,17-18H2,1-2H3/b16-7+. The van der Waals surface area contributed by atoms with Gasteiger partial charge in [-0.3, -0.25) is 9.69 Å². The van der Waals surface area contributed by atoms with E-state index in [0.29, 0.717) is 17.5 Å². The Hall–Kier alpha value is -2.61. The van der Waals surface area contributed by atoms with Gasteiger partial charge < -0.3 is 9.40 Å². The van der Waals surface area contributed by atoms with Gasteiger partial charge in [0.25, 0.3) is 5.56 Å². The zero-order valence-electron chi connectivity index (χ0n) is 20.0. The van der Waals surface area contributed by atoms with Crippen LogP contribution in [0.2, 0.25) is 0 Å². The minimum Gasteiger partial charge on any atom is -0.368 e. The van der Waals surface area contributed by atoms with Crippen molar-refractivity contribution in [1.29, 1.82) is 0 Å². The first-order valence-electron chi connectivity index (χ1n) is 12.3. The molecule has 1 aliphatic heterocycles. The van der Waals surface area contributed by atoms with Crippen LogP contribution in [0.1, 0.15) is 69.2 Å². The minimum atomic E-state index is -0.255. The van der Waals surface area contributed by atoms with Crippen LogP contribution in [0.25, 0.3) is 0 Å². The molecule has 0 N–H and O–H groups in total. The Morgan fingerprint density at radius 3 is 2.79 bits per heavy atom. The number of thioether (sulfide) groups is 1. The van der Waals surface area contributed by atoms with Gasteiger partial charge in [-0.05, 0) is 49.8 Å². The molecule has 1 aliphatic carbocycles. The van der Waals surface area contributed by atoms with E-state index in [1.54, 1.807) is 12.1 Å². The number of unbranched alkanes of at least 4 members (excludes halogenated alkanes) is 2. The maximum Gasteiger partial charge on any atom is 0.277 e. The van der Waals surface area contributed by atoms with Crippen molar-refractivity contribution in [2.24, 2.45) is 5.16 Å². The Morgan fingerprint density at radius 1 is 1.21 bits per heavy atom. The molecule has 4 rings (SSSR count). The Balaban J connectivity index is 1.61. The van der Waals surface area contributed by atoms with Gasteiger partial charge in [-0.1, -0.05) is 61.8 Å². The molecule has 1 aromatic carbocycles. The van der Waals surface area contributed by atoms with Crippen LogP contribution in [0.4, 0.5) is 4.39 Å².